The maximum atomic E-state index is 11.9. The van der Waals surface area contributed by atoms with E-state index < -0.39 is 17.2 Å². The minimum atomic E-state index is -1.58. The van der Waals surface area contributed by atoms with Gasteiger partial charge in [0.2, 0.25) is 11.3 Å². The summed E-state index contributed by atoms with van der Waals surface area (Å²) in [6, 6.07) is 16.9. The number of nitrogens with one attached hydrogen (secondary N) is 1. The van der Waals surface area contributed by atoms with Gasteiger partial charge in [-0.15, -0.1) is 0 Å². The standard InChI is InChI=1S/C19H20N2O5S/c22-19(23)14-25-18-8-4-7-17-16(18)9-11-21(17)12-10-20-27(24)26-13-15-5-2-1-3-6-15/h1-9,11,20H,10,12-14H2,(H,22,23). The Kier molecular flexibility index (Phi) is 6.59. The lowest BCUT2D eigenvalue weighted by Gasteiger charge is -2.09. The molecular formula is C19H20N2O5S. The van der Waals surface area contributed by atoms with Crippen LogP contribution in [-0.2, 0) is 33.4 Å². The average Bonchev–Trinajstić information content (AvgIpc) is 3.09. The van der Waals surface area contributed by atoms with Crippen LogP contribution >= 0.6 is 0 Å². The Morgan fingerprint density at radius 1 is 1.11 bits per heavy atom. The summed E-state index contributed by atoms with van der Waals surface area (Å²) in [6.45, 7) is 0.915. The van der Waals surface area contributed by atoms with Crippen molar-refractivity contribution in [1.82, 2.24) is 9.29 Å². The van der Waals surface area contributed by atoms with Gasteiger partial charge in [0.25, 0.3) is 0 Å². The molecule has 0 aliphatic carbocycles. The number of hydrogen-bond donors (Lipinski definition) is 2. The zero-order valence-electron chi connectivity index (χ0n) is 14.5. The molecule has 1 unspecified atom stereocenters. The maximum Gasteiger partial charge on any atom is 0.341 e. The van der Waals surface area contributed by atoms with Crippen LogP contribution in [0.1, 0.15) is 5.56 Å². The molecule has 2 aromatic carbocycles. The zero-order valence-corrected chi connectivity index (χ0v) is 15.4. The van der Waals surface area contributed by atoms with E-state index in [0.29, 0.717) is 18.8 Å². The number of aliphatic carboxylic acids is 1. The summed E-state index contributed by atoms with van der Waals surface area (Å²) >= 11 is -1.58. The first kappa shape index (κ1) is 19.1. The highest BCUT2D eigenvalue weighted by atomic mass is 32.2. The maximum absolute atomic E-state index is 11.9. The molecule has 0 bridgehead atoms. The van der Waals surface area contributed by atoms with Gasteiger partial charge < -0.3 is 14.4 Å². The molecule has 1 aromatic heterocycles. The van der Waals surface area contributed by atoms with Gasteiger partial charge in [0.05, 0.1) is 12.1 Å². The second-order valence-electron chi connectivity index (χ2n) is 5.76. The Morgan fingerprint density at radius 3 is 2.70 bits per heavy atom. The molecular weight excluding hydrogens is 368 g/mol. The third kappa shape index (κ3) is 5.40. The normalized spacial score (nSPS) is 12.1. The van der Waals surface area contributed by atoms with Crippen molar-refractivity contribution in [3.05, 3.63) is 66.4 Å². The minimum Gasteiger partial charge on any atom is -0.481 e. The predicted octanol–water partition coefficient (Wildman–Crippen LogP) is 2.49. The van der Waals surface area contributed by atoms with E-state index in [1.54, 1.807) is 6.07 Å². The molecule has 0 aliphatic rings. The van der Waals surface area contributed by atoms with Crippen molar-refractivity contribution in [1.29, 1.82) is 0 Å². The fourth-order valence-electron chi connectivity index (χ4n) is 2.64. The van der Waals surface area contributed by atoms with Gasteiger partial charge in [0, 0.05) is 24.7 Å². The first-order valence-corrected chi connectivity index (χ1v) is 9.46. The van der Waals surface area contributed by atoms with E-state index in [1.807, 2.05) is 59.3 Å². The van der Waals surface area contributed by atoms with Crippen molar-refractivity contribution in [2.75, 3.05) is 13.2 Å². The second kappa shape index (κ2) is 9.31. The topological polar surface area (TPSA) is 89.8 Å². The van der Waals surface area contributed by atoms with E-state index in [-0.39, 0.29) is 13.2 Å². The van der Waals surface area contributed by atoms with Gasteiger partial charge in [0.15, 0.2) is 6.61 Å². The molecule has 0 fully saturated rings. The van der Waals surface area contributed by atoms with Gasteiger partial charge in [-0.1, -0.05) is 36.4 Å². The second-order valence-corrected chi connectivity index (χ2v) is 6.75. The van der Waals surface area contributed by atoms with Crippen LogP contribution in [0.4, 0.5) is 0 Å². The Morgan fingerprint density at radius 2 is 1.93 bits per heavy atom. The van der Waals surface area contributed by atoms with Crippen molar-refractivity contribution < 1.29 is 23.0 Å². The molecule has 0 radical (unpaired) electrons. The summed E-state index contributed by atoms with van der Waals surface area (Å²) in [6.07, 6.45) is 1.88. The van der Waals surface area contributed by atoms with Crippen LogP contribution < -0.4 is 9.46 Å². The van der Waals surface area contributed by atoms with Crippen molar-refractivity contribution >= 4 is 28.1 Å². The number of hydrogen-bond acceptors (Lipinski definition) is 4. The molecule has 0 aliphatic heterocycles. The molecule has 2 N–H and O–H groups in total. The molecule has 7 nitrogen and oxygen atoms in total. The number of benzene rings is 2. The monoisotopic (exact) mass is 388 g/mol. The van der Waals surface area contributed by atoms with Gasteiger partial charge >= 0.3 is 5.97 Å². The third-order valence-corrected chi connectivity index (χ3v) is 4.64. The quantitative estimate of drug-likeness (QED) is 0.557. The number of carboxylic acid groups (broad SMARTS) is 1. The zero-order chi connectivity index (χ0) is 19.1. The number of fused-ring (bicyclic) bond motifs is 1. The highest BCUT2D eigenvalue weighted by molar-refractivity contribution is 7.78. The fraction of sp³-hybridized carbons (Fsp3) is 0.211. The molecule has 27 heavy (non-hydrogen) atoms. The van der Waals surface area contributed by atoms with Crippen LogP contribution in [0.2, 0.25) is 0 Å². The van der Waals surface area contributed by atoms with E-state index in [4.69, 9.17) is 14.0 Å². The number of rotatable bonds is 10. The lowest BCUT2D eigenvalue weighted by atomic mass is 10.2. The van der Waals surface area contributed by atoms with Gasteiger partial charge in [-0.3, -0.25) is 4.18 Å². The lowest BCUT2D eigenvalue weighted by molar-refractivity contribution is -0.139. The highest BCUT2D eigenvalue weighted by Gasteiger charge is 2.08. The molecule has 0 saturated heterocycles. The molecule has 0 spiro atoms. The average molecular weight is 388 g/mol. The Balaban J connectivity index is 1.52. The van der Waals surface area contributed by atoms with Crippen molar-refractivity contribution in [2.24, 2.45) is 0 Å². The summed E-state index contributed by atoms with van der Waals surface area (Å²) in [4.78, 5) is 10.7. The molecule has 0 saturated carbocycles. The first-order chi connectivity index (χ1) is 13.1. The number of ether oxygens (including phenoxy) is 1. The number of nitrogens with zero attached hydrogens (tertiary/aromatic N) is 1. The molecule has 8 heteroatoms. The van der Waals surface area contributed by atoms with Crippen LogP contribution in [0.5, 0.6) is 5.75 Å². The molecule has 1 heterocycles. The van der Waals surface area contributed by atoms with Crippen LogP contribution in [0.3, 0.4) is 0 Å². The number of carbonyl (C=O) groups is 1. The third-order valence-electron chi connectivity index (χ3n) is 3.87. The van der Waals surface area contributed by atoms with Crippen molar-refractivity contribution in [3.8, 4) is 5.75 Å². The molecule has 3 rings (SSSR count). The van der Waals surface area contributed by atoms with E-state index in [0.717, 1.165) is 16.5 Å². The summed E-state index contributed by atoms with van der Waals surface area (Å²) in [5, 5.41) is 9.59. The summed E-state index contributed by atoms with van der Waals surface area (Å²) in [5.41, 5.74) is 1.87. The Bertz CT molecular complexity index is 926. The summed E-state index contributed by atoms with van der Waals surface area (Å²) < 4.78 is 27.3. The van der Waals surface area contributed by atoms with Gasteiger partial charge in [-0.05, 0) is 23.8 Å². The fourth-order valence-corrected chi connectivity index (χ4v) is 3.23. The van der Waals surface area contributed by atoms with Crippen LogP contribution in [0.15, 0.2) is 60.8 Å². The number of aromatic nitrogens is 1. The van der Waals surface area contributed by atoms with Gasteiger partial charge in [-0.25, -0.2) is 13.7 Å². The van der Waals surface area contributed by atoms with E-state index in [1.165, 1.54) is 0 Å². The van der Waals surface area contributed by atoms with Crippen molar-refractivity contribution in [2.45, 2.75) is 13.2 Å². The number of carboxylic acids is 1. The Hall–Kier alpha value is -2.68. The SMILES string of the molecule is O=C(O)COc1cccc2c1ccn2CCNS(=O)OCc1ccccc1. The van der Waals surface area contributed by atoms with Crippen LogP contribution in [-0.4, -0.2) is 33.0 Å². The predicted molar refractivity (Wildman–Crippen MR) is 102 cm³/mol. The van der Waals surface area contributed by atoms with Crippen LogP contribution in [0.25, 0.3) is 10.9 Å². The lowest BCUT2D eigenvalue weighted by Crippen LogP contribution is -2.23. The van der Waals surface area contributed by atoms with Crippen molar-refractivity contribution in [3.63, 3.8) is 0 Å². The van der Waals surface area contributed by atoms with E-state index >= 15 is 0 Å². The summed E-state index contributed by atoms with van der Waals surface area (Å²) in [5.74, 6) is -0.495. The summed E-state index contributed by atoms with van der Waals surface area (Å²) in [7, 11) is 0. The highest BCUT2D eigenvalue weighted by Crippen LogP contribution is 2.26. The largest absolute Gasteiger partial charge is 0.481 e. The molecule has 3 aromatic rings. The minimum absolute atomic E-state index is 0.275. The Labute approximate surface area is 159 Å². The first-order valence-electron chi connectivity index (χ1n) is 8.38. The van der Waals surface area contributed by atoms with E-state index in [9.17, 15) is 9.00 Å². The smallest absolute Gasteiger partial charge is 0.341 e. The molecule has 1 atom stereocenters. The van der Waals surface area contributed by atoms with Gasteiger partial charge in [-0.2, -0.15) is 0 Å². The molecule has 142 valence electrons. The van der Waals surface area contributed by atoms with E-state index in [2.05, 4.69) is 4.72 Å². The van der Waals surface area contributed by atoms with Crippen LogP contribution in [0, 0.1) is 0 Å². The van der Waals surface area contributed by atoms with Gasteiger partial charge in [0.1, 0.15) is 5.75 Å². The molecule has 0 amide bonds.